The molecule has 3 rings (SSSR count). The van der Waals surface area contributed by atoms with Crippen molar-refractivity contribution < 1.29 is 14.3 Å². The maximum Gasteiger partial charge on any atom is 0.227 e. The molecule has 2 aliphatic heterocycles. The molecule has 0 radical (unpaired) electrons. The number of hydrogen-bond acceptors (Lipinski definition) is 4. The number of para-hydroxylation sites is 1. The molecule has 1 saturated heterocycles. The number of rotatable bonds is 5. The SMILES string of the molecule is C[C@H]1CN(C(=O)CCC(=O)NC[C@H]2CCCO2)c2ccccc2S1. The Kier molecular flexibility index (Phi) is 5.79. The summed E-state index contributed by atoms with van der Waals surface area (Å²) in [7, 11) is 0. The second kappa shape index (κ2) is 8.03. The second-order valence-corrected chi connectivity index (χ2v) is 7.82. The van der Waals surface area contributed by atoms with Gasteiger partial charge in [-0.15, -0.1) is 11.8 Å². The van der Waals surface area contributed by atoms with Gasteiger partial charge >= 0.3 is 0 Å². The minimum Gasteiger partial charge on any atom is -0.376 e. The molecule has 2 heterocycles. The normalized spacial score (nSPS) is 23.0. The van der Waals surface area contributed by atoms with Crippen molar-refractivity contribution in [2.45, 2.75) is 48.9 Å². The van der Waals surface area contributed by atoms with Crippen molar-refractivity contribution in [3.63, 3.8) is 0 Å². The standard InChI is InChI=1S/C18H24N2O3S/c1-13-12-20(15-6-2-3-7-16(15)24-13)18(22)9-8-17(21)19-11-14-5-4-10-23-14/h2-3,6-7,13-14H,4-5,8-12H2,1H3,(H,19,21)/t13-,14+/m0/s1. The minimum atomic E-state index is -0.0773. The predicted octanol–water partition coefficient (Wildman–Crippen LogP) is 2.59. The van der Waals surface area contributed by atoms with E-state index in [2.05, 4.69) is 12.2 Å². The lowest BCUT2D eigenvalue weighted by atomic mass is 10.2. The molecule has 0 unspecified atom stereocenters. The monoisotopic (exact) mass is 348 g/mol. The Morgan fingerprint density at radius 3 is 2.96 bits per heavy atom. The summed E-state index contributed by atoms with van der Waals surface area (Å²) in [4.78, 5) is 27.5. The van der Waals surface area contributed by atoms with E-state index >= 15 is 0 Å². The third-order valence-corrected chi connectivity index (χ3v) is 5.49. The first kappa shape index (κ1) is 17.3. The van der Waals surface area contributed by atoms with Gasteiger partial charge in [-0.1, -0.05) is 19.1 Å². The van der Waals surface area contributed by atoms with Crippen molar-refractivity contribution in [3.8, 4) is 0 Å². The summed E-state index contributed by atoms with van der Waals surface area (Å²) in [5.74, 6) is -0.0616. The summed E-state index contributed by atoms with van der Waals surface area (Å²) in [6.07, 6.45) is 2.66. The Labute approximate surface area is 147 Å². The van der Waals surface area contributed by atoms with Crippen LogP contribution in [0.4, 0.5) is 5.69 Å². The van der Waals surface area contributed by atoms with Crippen LogP contribution in [0.1, 0.15) is 32.6 Å². The van der Waals surface area contributed by atoms with Crippen LogP contribution in [-0.4, -0.2) is 42.9 Å². The molecule has 0 aromatic heterocycles. The van der Waals surface area contributed by atoms with Gasteiger partial charge in [0.25, 0.3) is 0 Å². The first-order chi connectivity index (χ1) is 11.6. The van der Waals surface area contributed by atoms with Gasteiger partial charge in [-0.3, -0.25) is 9.59 Å². The molecule has 130 valence electrons. The van der Waals surface area contributed by atoms with Crippen LogP contribution in [0.3, 0.4) is 0 Å². The molecule has 0 saturated carbocycles. The lowest BCUT2D eigenvalue weighted by Gasteiger charge is -2.32. The second-order valence-electron chi connectivity index (χ2n) is 6.34. The fourth-order valence-corrected chi connectivity index (χ4v) is 4.22. The highest BCUT2D eigenvalue weighted by molar-refractivity contribution is 8.00. The third kappa shape index (κ3) is 4.30. The van der Waals surface area contributed by atoms with Gasteiger partial charge in [0.05, 0.1) is 11.8 Å². The molecule has 0 bridgehead atoms. The van der Waals surface area contributed by atoms with Crippen molar-refractivity contribution in [1.82, 2.24) is 5.32 Å². The van der Waals surface area contributed by atoms with Crippen LogP contribution in [0.15, 0.2) is 29.2 Å². The smallest absolute Gasteiger partial charge is 0.227 e. The molecular formula is C18H24N2O3S. The number of thioether (sulfide) groups is 1. The zero-order chi connectivity index (χ0) is 16.9. The highest BCUT2D eigenvalue weighted by Crippen LogP contribution is 2.38. The molecule has 6 heteroatoms. The first-order valence-corrected chi connectivity index (χ1v) is 9.46. The van der Waals surface area contributed by atoms with Crippen LogP contribution in [0.2, 0.25) is 0 Å². The molecular weight excluding hydrogens is 324 g/mol. The Morgan fingerprint density at radius 2 is 2.17 bits per heavy atom. The summed E-state index contributed by atoms with van der Waals surface area (Å²) >= 11 is 1.79. The van der Waals surface area contributed by atoms with Gasteiger partial charge in [0.2, 0.25) is 11.8 Å². The molecule has 0 aliphatic carbocycles. The number of nitrogens with one attached hydrogen (secondary N) is 1. The van der Waals surface area contributed by atoms with Crippen molar-refractivity contribution in [2.24, 2.45) is 0 Å². The summed E-state index contributed by atoms with van der Waals surface area (Å²) in [6.45, 7) is 4.14. The average molecular weight is 348 g/mol. The summed E-state index contributed by atoms with van der Waals surface area (Å²) in [5, 5.41) is 3.23. The zero-order valence-electron chi connectivity index (χ0n) is 14.0. The van der Waals surface area contributed by atoms with Gasteiger partial charge in [0.15, 0.2) is 0 Å². The lowest BCUT2D eigenvalue weighted by Crippen LogP contribution is -2.39. The molecule has 2 aliphatic rings. The van der Waals surface area contributed by atoms with Crippen molar-refractivity contribution in [2.75, 3.05) is 24.6 Å². The highest BCUT2D eigenvalue weighted by Gasteiger charge is 2.26. The summed E-state index contributed by atoms with van der Waals surface area (Å²) in [5.41, 5.74) is 0.963. The Balaban J connectivity index is 1.50. The number of fused-ring (bicyclic) bond motifs is 1. The van der Waals surface area contributed by atoms with E-state index in [0.29, 0.717) is 18.3 Å². The largest absolute Gasteiger partial charge is 0.376 e. The van der Waals surface area contributed by atoms with E-state index in [0.717, 1.165) is 30.0 Å². The number of nitrogens with zero attached hydrogens (tertiary/aromatic N) is 1. The Morgan fingerprint density at radius 1 is 1.33 bits per heavy atom. The van der Waals surface area contributed by atoms with Gasteiger partial charge in [-0.25, -0.2) is 0 Å². The molecule has 0 spiro atoms. The summed E-state index contributed by atoms with van der Waals surface area (Å²) < 4.78 is 5.48. The Bertz CT molecular complexity index is 602. The van der Waals surface area contributed by atoms with E-state index in [-0.39, 0.29) is 30.8 Å². The highest BCUT2D eigenvalue weighted by atomic mass is 32.2. The fraction of sp³-hybridized carbons (Fsp3) is 0.556. The van der Waals surface area contributed by atoms with Gasteiger partial charge in [-0.2, -0.15) is 0 Å². The number of benzene rings is 1. The van der Waals surface area contributed by atoms with Gasteiger partial charge < -0.3 is 15.0 Å². The predicted molar refractivity (Wildman–Crippen MR) is 95.3 cm³/mol. The fourth-order valence-electron chi connectivity index (χ4n) is 3.10. The van der Waals surface area contributed by atoms with E-state index in [1.807, 2.05) is 29.2 Å². The van der Waals surface area contributed by atoms with E-state index in [1.165, 1.54) is 0 Å². The van der Waals surface area contributed by atoms with E-state index in [1.54, 1.807) is 11.8 Å². The molecule has 1 fully saturated rings. The number of ether oxygens (including phenoxy) is 1. The van der Waals surface area contributed by atoms with Gasteiger partial charge in [0.1, 0.15) is 0 Å². The quantitative estimate of drug-likeness (QED) is 0.889. The number of anilines is 1. The topological polar surface area (TPSA) is 58.6 Å². The van der Waals surface area contributed by atoms with E-state index in [4.69, 9.17) is 4.74 Å². The average Bonchev–Trinajstić information content (AvgIpc) is 3.10. The van der Waals surface area contributed by atoms with Crippen molar-refractivity contribution in [3.05, 3.63) is 24.3 Å². The molecule has 5 nitrogen and oxygen atoms in total. The van der Waals surface area contributed by atoms with Crippen LogP contribution in [-0.2, 0) is 14.3 Å². The van der Waals surface area contributed by atoms with Crippen LogP contribution < -0.4 is 10.2 Å². The van der Waals surface area contributed by atoms with Gasteiger partial charge in [0, 0.05) is 42.7 Å². The van der Waals surface area contributed by atoms with Crippen molar-refractivity contribution in [1.29, 1.82) is 0 Å². The maximum absolute atomic E-state index is 12.6. The third-order valence-electron chi connectivity index (χ3n) is 4.34. The van der Waals surface area contributed by atoms with Crippen molar-refractivity contribution >= 4 is 29.3 Å². The molecule has 1 aromatic rings. The van der Waals surface area contributed by atoms with Crippen LogP contribution in [0, 0.1) is 0 Å². The van der Waals surface area contributed by atoms with Crippen LogP contribution in [0.5, 0.6) is 0 Å². The molecule has 1 aromatic carbocycles. The van der Waals surface area contributed by atoms with E-state index in [9.17, 15) is 9.59 Å². The summed E-state index contributed by atoms with van der Waals surface area (Å²) in [6, 6.07) is 7.96. The van der Waals surface area contributed by atoms with Crippen LogP contribution in [0.25, 0.3) is 0 Å². The first-order valence-electron chi connectivity index (χ1n) is 8.58. The molecule has 2 atom stereocenters. The molecule has 1 N–H and O–H groups in total. The Hall–Kier alpha value is -1.53. The van der Waals surface area contributed by atoms with Gasteiger partial charge in [-0.05, 0) is 25.0 Å². The van der Waals surface area contributed by atoms with E-state index < -0.39 is 0 Å². The number of carbonyl (C=O) groups is 2. The molecule has 2 amide bonds. The molecule has 24 heavy (non-hydrogen) atoms. The minimum absolute atomic E-state index is 0.0156. The number of hydrogen-bond donors (Lipinski definition) is 1. The number of carbonyl (C=O) groups excluding carboxylic acids is 2. The van der Waals surface area contributed by atoms with Crippen LogP contribution >= 0.6 is 11.8 Å². The number of amides is 2. The zero-order valence-corrected chi connectivity index (χ0v) is 14.8. The lowest BCUT2D eigenvalue weighted by molar-refractivity contribution is -0.125. The maximum atomic E-state index is 12.6.